The molecule has 154 valence electrons. The molecule has 0 spiro atoms. The number of aromatic amines is 1. The second kappa shape index (κ2) is 8.55. The predicted octanol–water partition coefficient (Wildman–Crippen LogP) is 4.16. The molecule has 3 aromatic heterocycles. The van der Waals surface area contributed by atoms with Crippen molar-refractivity contribution in [3.63, 3.8) is 0 Å². The summed E-state index contributed by atoms with van der Waals surface area (Å²) in [4.78, 5) is 19.1. The smallest absolute Gasteiger partial charge is 0.145 e. The van der Waals surface area contributed by atoms with Crippen molar-refractivity contribution in [1.82, 2.24) is 19.9 Å². The third-order valence-electron chi connectivity index (χ3n) is 5.38. The molecule has 1 N–H and O–H groups in total. The minimum absolute atomic E-state index is 0.701. The number of benzene rings is 1. The van der Waals surface area contributed by atoms with Crippen LogP contribution in [0.3, 0.4) is 0 Å². The molecular formula is C23H25N5OS. The van der Waals surface area contributed by atoms with Gasteiger partial charge in [0.1, 0.15) is 11.6 Å². The number of rotatable bonds is 6. The SMILES string of the molecule is CN(Cc1nc(-c2cccc3[nH]ccc23)cc(N2CCOCC2)n1)Cc1cccs1. The van der Waals surface area contributed by atoms with E-state index in [1.165, 1.54) is 10.3 Å². The van der Waals surface area contributed by atoms with Crippen LogP contribution in [0.5, 0.6) is 0 Å². The normalized spacial score (nSPS) is 14.7. The van der Waals surface area contributed by atoms with E-state index >= 15 is 0 Å². The summed E-state index contributed by atoms with van der Waals surface area (Å²) in [6.45, 7) is 4.78. The highest BCUT2D eigenvalue weighted by atomic mass is 32.1. The van der Waals surface area contributed by atoms with Gasteiger partial charge in [0, 0.05) is 53.2 Å². The van der Waals surface area contributed by atoms with Gasteiger partial charge < -0.3 is 14.6 Å². The molecule has 1 saturated heterocycles. The Morgan fingerprint density at radius 2 is 2.00 bits per heavy atom. The van der Waals surface area contributed by atoms with E-state index in [-0.39, 0.29) is 0 Å². The van der Waals surface area contributed by atoms with Crippen molar-refractivity contribution >= 4 is 28.1 Å². The van der Waals surface area contributed by atoms with E-state index in [0.29, 0.717) is 6.54 Å². The molecule has 0 unspecified atom stereocenters. The summed E-state index contributed by atoms with van der Waals surface area (Å²) in [6, 6.07) is 14.8. The highest BCUT2D eigenvalue weighted by Gasteiger charge is 2.17. The fourth-order valence-corrected chi connectivity index (χ4v) is 4.70. The minimum atomic E-state index is 0.701. The molecule has 0 amide bonds. The Hall–Kier alpha value is -2.74. The summed E-state index contributed by atoms with van der Waals surface area (Å²) in [7, 11) is 2.12. The van der Waals surface area contributed by atoms with Crippen molar-refractivity contribution < 1.29 is 4.74 Å². The summed E-state index contributed by atoms with van der Waals surface area (Å²) >= 11 is 1.78. The lowest BCUT2D eigenvalue weighted by Gasteiger charge is -2.28. The van der Waals surface area contributed by atoms with E-state index in [4.69, 9.17) is 14.7 Å². The number of ether oxygens (including phenoxy) is 1. The number of H-pyrrole nitrogens is 1. The van der Waals surface area contributed by atoms with Crippen molar-refractivity contribution in [2.75, 3.05) is 38.3 Å². The molecule has 4 heterocycles. The number of nitrogens with one attached hydrogen (secondary N) is 1. The van der Waals surface area contributed by atoms with Crippen LogP contribution < -0.4 is 4.90 Å². The van der Waals surface area contributed by atoms with Crippen molar-refractivity contribution in [3.05, 3.63) is 64.7 Å². The molecule has 0 atom stereocenters. The van der Waals surface area contributed by atoms with Gasteiger partial charge in [0.15, 0.2) is 0 Å². The molecule has 0 radical (unpaired) electrons. The molecule has 1 aliphatic heterocycles. The summed E-state index contributed by atoms with van der Waals surface area (Å²) in [5, 5.41) is 3.30. The Morgan fingerprint density at radius 3 is 2.83 bits per heavy atom. The van der Waals surface area contributed by atoms with Crippen LogP contribution in [-0.2, 0) is 17.8 Å². The molecule has 0 aliphatic carbocycles. The van der Waals surface area contributed by atoms with Gasteiger partial charge in [-0.3, -0.25) is 4.90 Å². The Bertz CT molecular complexity index is 1120. The van der Waals surface area contributed by atoms with Gasteiger partial charge in [0.25, 0.3) is 0 Å². The monoisotopic (exact) mass is 419 g/mol. The van der Waals surface area contributed by atoms with Gasteiger partial charge in [0.2, 0.25) is 0 Å². The molecule has 1 aliphatic rings. The first kappa shape index (κ1) is 19.2. The second-order valence-corrected chi connectivity index (χ2v) is 8.66. The maximum absolute atomic E-state index is 5.54. The van der Waals surface area contributed by atoms with Gasteiger partial charge in [-0.15, -0.1) is 11.3 Å². The number of fused-ring (bicyclic) bond motifs is 1. The summed E-state index contributed by atoms with van der Waals surface area (Å²) < 4.78 is 5.54. The molecule has 5 rings (SSSR count). The van der Waals surface area contributed by atoms with Crippen LogP contribution >= 0.6 is 11.3 Å². The summed E-state index contributed by atoms with van der Waals surface area (Å²) in [5.41, 5.74) is 3.22. The molecule has 7 heteroatoms. The molecule has 1 fully saturated rings. The fraction of sp³-hybridized carbons (Fsp3) is 0.304. The first-order valence-electron chi connectivity index (χ1n) is 10.2. The lowest BCUT2D eigenvalue weighted by atomic mass is 10.1. The lowest BCUT2D eigenvalue weighted by Crippen LogP contribution is -2.37. The largest absolute Gasteiger partial charge is 0.378 e. The number of aromatic nitrogens is 3. The average Bonchev–Trinajstić information content (AvgIpc) is 3.45. The van der Waals surface area contributed by atoms with E-state index in [9.17, 15) is 0 Å². The Morgan fingerprint density at radius 1 is 1.10 bits per heavy atom. The summed E-state index contributed by atoms with van der Waals surface area (Å²) in [6.07, 6.45) is 1.98. The second-order valence-electron chi connectivity index (χ2n) is 7.62. The van der Waals surface area contributed by atoms with Crippen LogP contribution in [0, 0.1) is 0 Å². The number of hydrogen-bond donors (Lipinski definition) is 1. The van der Waals surface area contributed by atoms with Gasteiger partial charge in [-0.1, -0.05) is 18.2 Å². The minimum Gasteiger partial charge on any atom is -0.378 e. The number of thiophene rings is 1. The maximum atomic E-state index is 5.54. The van der Waals surface area contributed by atoms with Crippen molar-refractivity contribution in [2.24, 2.45) is 0 Å². The van der Waals surface area contributed by atoms with Gasteiger partial charge in [-0.2, -0.15) is 0 Å². The van der Waals surface area contributed by atoms with Crippen LogP contribution in [-0.4, -0.2) is 53.2 Å². The van der Waals surface area contributed by atoms with E-state index in [1.807, 2.05) is 6.20 Å². The highest BCUT2D eigenvalue weighted by Crippen LogP contribution is 2.29. The van der Waals surface area contributed by atoms with E-state index in [1.54, 1.807) is 11.3 Å². The van der Waals surface area contributed by atoms with Crippen LogP contribution in [0.1, 0.15) is 10.7 Å². The summed E-state index contributed by atoms with van der Waals surface area (Å²) in [5.74, 6) is 1.83. The molecular weight excluding hydrogens is 394 g/mol. The third kappa shape index (κ3) is 4.09. The Balaban J connectivity index is 1.51. The van der Waals surface area contributed by atoms with Gasteiger partial charge in [0.05, 0.1) is 25.5 Å². The van der Waals surface area contributed by atoms with E-state index in [0.717, 1.165) is 61.3 Å². The standard InChI is InChI=1S/C23H25N5OS/c1-27(15-17-4-3-13-30-17)16-22-25-21(14-23(26-22)28-9-11-29-12-10-28)18-5-2-6-20-19(18)7-8-24-20/h2-8,13-14,24H,9-12,15-16H2,1H3. The van der Waals surface area contributed by atoms with E-state index in [2.05, 4.69) is 69.7 Å². The molecule has 4 aromatic rings. The molecule has 6 nitrogen and oxygen atoms in total. The average molecular weight is 420 g/mol. The Labute approximate surface area is 180 Å². The van der Waals surface area contributed by atoms with Crippen molar-refractivity contribution in [2.45, 2.75) is 13.1 Å². The molecule has 0 saturated carbocycles. The number of anilines is 1. The first-order chi connectivity index (χ1) is 14.8. The van der Waals surface area contributed by atoms with Crippen LogP contribution in [0.2, 0.25) is 0 Å². The van der Waals surface area contributed by atoms with Crippen LogP contribution in [0.15, 0.2) is 54.0 Å². The number of morpholine rings is 1. The third-order valence-corrected chi connectivity index (χ3v) is 6.24. The number of nitrogens with zero attached hydrogens (tertiary/aromatic N) is 4. The number of hydrogen-bond acceptors (Lipinski definition) is 6. The van der Waals surface area contributed by atoms with Crippen molar-refractivity contribution in [1.29, 1.82) is 0 Å². The molecule has 0 bridgehead atoms. The van der Waals surface area contributed by atoms with Gasteiger partial charge >= 0.3 is 0 Å². The van der Waals surface area contributed by atoms with Crippen molar-refractivity contribution in [3.8, 4) is 11.3 Å². The lowest BCUT2D eigenvalue weighted by molar-refractivity contribution is 0.122. The fourth-order valence-electron chi connectivity index (χ4n) is 3.92. The molecule has 1 aromatic carbocycles. The Kier molecular flexibility index (Phi) is 5.48. The topological polar surface area (TPSA) is 57.3 Å². The predicted molar refractivity (Wildman–Crippen MR) is 122 cm³/mol. The zero-order valence-corrected chi connectivity index (χ0v) is 17.9. The van der Waals surface area contributed by atoms with Gasteiger partial charge in [-0.25, -0.2) is 9.97 Å². The molecule has 30 heavy (non-hydrogen) atoms. The van der Waals surface area contributed by atoms with Crippen LogP contribution in [0.25, 0.3) is 22.2 Å². The first-order valence-corrected chi connectivity index (χ1v) is 11.1. The highest BCUT2D eigenvalue weighted by molar-refractivity contribution is 7.09. The van der Waals surface area contributed by atoms with E-state index < -0.39 is 0 Å². The van der Waals surface area contributed by atoms with Gasteiger partial charge in [-0.05, 0) is 30.6 Å². The quantitative estimate of drug-likeness (QED) is 0.509. The maximum Gasteiger partial charge on any atom is 0.145 e. The van der Waals surface area contributed by atoms with Crippen LogP contribution in [0.4, 0.5) is 5.82 Å². The zero-order valence-electron chi connectivity index (χ0n) is 17.0. The zero-order chi connectivity index (χ0) is 20.3.